The molecule has 0 saturated carbocycles. The van der Waals surface area contributed by atoms with Crippen LogP contribution >= 0.6 is 0 Å². The van der Waals surface area contributed by atoms with Gasteiger partial charge in [0.2, 0.25) is 0 Å². The second-order valence-electron chi connectivity index (χ2n) is 5.44. The van der Waals surface area contributed by atoms with E-state index in [1.54, 1.807) is 5.18 Å². The van der Waals surface area contributed by atoms with Crippen molar-refractivity contribution in [1.82, 2.24) is 9.88 Å². The van der Waals surface area contributed by atoms with Crippen LogP contribution in [0.2, 0.25) is 0 Å². The topological polar surface area (TPSA) is 71.9 Å². The average molecular weight is 339 g/mol. The minimum absolute atomic E-state index is 0.0556. The molecule has 2 aliphatic heterocycles. The molecular weight excluding hydrogens is 313 g/mol. The molecule has 0 spiro atoms. The lowest BCUT2D eigenvalue weighted by Crippen LogP contribution is -2.37. The van der Waals surface area contributed by atoms with E-state index in [4.69, 9.17) is 14.4 Å². The molecule has 2 aliphatic rings. The van der Waals surface area contributed by atoms with Gasteiger partial charge in [-0.15, -0.1) is 4.91 Å². The molecule has 7 heteroatoms. The number of rotatable bonds is 3. The Labute approximate surface area is 142 Å². The molecule has 1 aromatic rings. The summed E-state index contributed by atoms with van der Waals surface area (Å²) in [5.74, 6) is 0.214. The van der Waals surface area contributed by atoms with Crippen LogP contribution in [-0.2, 0) is 9.53 Å². The first kappa shape index (κ1) is 20.3. The standard InChI is InChI=1S/C14H19FN2O.C2H6.CHNO2/c15-12-1-2-14(16-9-12)11-3-6-17(10-11)13-4-7-18-8-5-13;1-2;3-1-2-4/h1-2,9,11,13H,3-8,10H2;1-2H3;1H. The van der Waals surface area contributed by atoms with Crippen molar-refractivity contribution in [3.8, 4) is 0 Å². The highest BCUT2D eigenvalue weighted by atomic mass is 19.1. The van der Waals surface area contributed by atoms with Crippen molar-refractivity contribution >= 4 is 6.41 Å². The first-order valence-electron chi connectivity index (χ1n) is 8.44. The van der Waals surface area contributed by atoms with Crippen LogP contribution in [-0.4, -0.2) is 48.6 Å². The van der Waals surface area contributed by atoms with Crippen LogP contribution in [0.15, 0.2) is 23.5 Å². The highest BCUT2D eigenvalue weighted by Gasteiger charge is 2.30. The summed E-state index contributed by atoms with van der Waals surface area (Å²) in [6.45, 7) is 7.97. The van der Waals surface area contributed by atoms with Crippen molar-refractivity contribution in [3.63, 3.8) is 0 Å². The van der Waals surface area contributed by atoms with Gasteiger partial charge in [0, 0.05) is 42.6 Å². The molecule has 1 aromatic heterocycles. The SMILES string of the molecule is CC.Fc1ccc(C2CCN(C3CCOCC3)C2)nc1.O=CN=O. The number of nitrogens with zero attached hydrogens (tertiary/aromatic N) is 3. The molecule has 134 valence electrons. The molecule has 3 heterocycles. The smallest absolute Gasteiger partial charge is 0.274 e. The Kier molecular flexibility index (Phi) is 9.95. The number of hydrogen-bond acceptors (Lipinski definition) is 5. The zero-order chi connectivity index (χ0) is 17.8. The van der Waals surface area contributed by atoms with Gasteiger partial charge in [-0.25, -0.2) is 4.39 Å². The fraction of sp³-hybridized carbons (Fsp3) is 0.647. The van der Waals surface area contributed by atoms with E-state index in [0.717, 1.165) is 51.3 Å². The zero-order valence-electron chi connectivity index (χ0n) is 14.4. The van der Waals surface area contributed by atoms with Gasteiger partial charge in [0.05, 0.1) is 6.20 Å². The van der Waals surface area contributed by atoms with Crippen molar-refractivity contribution in [2.75, 3.05) is 26.3 Å². The second-order valence-corrected chi connectivity index (χ2v) is 5.44. The molecule has 1 unspecified atom stereocenters. The third-order valence-electron chi connectivity index (χ3n) is 4.14. The maximum Gasteiger partial charge on any atom is 0.274 e. The van der Waals surface area contributed by atoms with Crippen molar-refractivity contribution in [2.24, 2.45) is 5.18 Å². The van der Waals surface area contributed by atoms with Crippen LogP contribution in [0.1, 0.15) is 44.7 Å². The second kappa shape index (κ2) is 11.8. The van der Waals surface area contributed by atoms with Gasteiger partial charge >= 0.3 is 0 Å². The molecule has 0 aliphatic carbocycles. The fourth-order valence-electron chi connectivity index (χ4n) is 3.04. The summed E-state index contributed by atoms with van der Waals surface area (Å²) < 4.78 is 18.3. The summed E-state index contributed by atoms with van der Waals surface area (Å²) in [4.78, 5) is 24.0. The van der Waals surface area contributed by atoms with E-state index in [2.05, 4.69) is 9.88 Å². The summed E-state index contributed by atoms with van der Waals surface area (Å²) in [6, 6.07) is 4.01. The van der Waals surface area contributed by atoms with Crippen molar-refractivity contribution in [3.05, 3.63) is 34.7 Å². The number of aromatic nitrogens is 1. The van der Waals surface area contributed by atoms with Gasteiger partial charge in [-0.1, -0.05) is 13.8 Å². The molecule has 24 heavy (non-hydrogen) atoms. The van der Waals surface area contributed by atoms with Gasteiger partial charge in [-0.3, -0.25) is 14.7 Å². The number of nitroso groups, excluding NO2 is 1. The Morgan fingerprint density at radius 3 is 2.50 bits per heavy atom. The predicted octanol–water partition coefficient (Wildman–Crippen LogP) is 3.12. The van der Waals surface area contributed by atoms with Gasteiger partial charge in [-0.05, 0) is 37.9 Å². The molecule has 3 rings (SSSR count). The van der Waals surface area contributed by atoms with Crippen LogP contribution < -0.4 is 0 Å². The van der Waals surface area contributed by atoms with E-state index in [1.807, 2.05) is 19.9 Å². The number of likely N-dealkylation sites (tertiary alicyclic amines) is 1. The summed E-state index contributed by atoms with van der Waals surface area (Å²) in [6.07, 6.45) is 4.69. The first-order chi connectivity index (χ1) is 11.7. The summed E-state index contributed by atoms with van der Waals surface area (Å²) in [5, 5.41) is 1.81. The van der Waals surface area contributed by atoms with Gasteiger partial charge in [-0.2, -0.15) is 0 Å². The summed E-state index contributed by atoms with van der Waals surface area (Å²) in [7, 11) is 0. The molecule has 0 N–H and O–H groups in total. The summed E-state index contributed by atoms with van der Waals surface area (Å²) >= 11 is 0. The fourth-order valence-corrected chi connectivity index (χ4v) is 3.04. The number of carbonyl (C=O) groups is 1. The van der Waals surface area contributed by atoms with E-state index in [-0.39, 0.29) is 12.2 Å². The quantitative estimate of drug-likeness (QED) is 0.625. The Hall–Kier alpha value is -1.73. The molecule has 2 fully saturated rings. The van der Waals surface area contributed by atoms with Crippen LogP contribution in [0.25, 0.3) is 0 Å². The molecular formula is C17H26FN3O3. The van der Waals surface area contributed by atoms with Crippen molar-refractivity contribution in [2.45, 2.75) is 45.1 Å². The lowest BCUT2D eigenvalue weighted by atomic mass is 10.0. The molecule has 0 bridgehead atoms. The average Bonchev–Trinajstić information content (AvgIpc) is 3.15. The van der Waals surface area contributed by atoms with Crippen LogP contribution in [0, 0.1) is 10.7 Å². The molecule has 2 saturated heterocycles. The molecule has 6 nitrogen and oxygen atoms in total. The van der Waals surface area contributed by atoms with E-state index >= 15 is 0 Å². The number of amides is 1. The Morgan fingerprint density at radius 2 is 1.96 bits per heavy atom. The number of ether oxygens (including phenoxy) is 1. The highest BCUT2D eigenvalue weighted by molar-refractivity contribution is 5.46. The Morgan fingerprint density at radius 1 is 1.29 bits per heavy atom. The Balaban J connectivity index is 0.000000423. The molecule has 0 aromatic carbocycles. The van der Waals surface area contributed by atoms with E-state index in [0.29, 0.717) is 12.0 Å². The van der Waals surface area contributed by atoms with Crippen molar-refractivity contribution < 1.29 is 13.9 Å². The largest absolute Gasteiger partial charge is 0.381 e. The third-order valence-corrected chi connectivity index (χ3v) is 4.14. The Bertz CT molecular complexity index is 472. The zero-order valence-corrected chi connectivity index (χ0v) is 14.4. The first-order valence-corrected chi connectivity index (χ1v) is 8.44. The van der Waals surface area contributed by atoms with Gasteiger partial charge in [0.1, 0.15) is 5.82 Å². The third kappa shape index (κ3) is 6.41. The van der Waals surface area contributed by atoms with Crippen LogP contribution in [0.5, 0.6) is 0 Å². The number of hydrogen-bond donors (Lipinski definition) is 0. The van der Waals surface area contributed by atoms with Gasteiger partial charge in [0.25, 0.3) is 6.41 Å². The van der Waals surface area contributed by atoms with Gasteiger partial charge < -0.3 is 4.74 Å². The monoisotopic (exact) mass is 339 g/mol. The summed E-state index contributed by atoms with van der Waals surface area (Å²) in [5.41, 5.74) is 1.03. The predicted molar refractivity (Wildman–Crippen MR) is 90.2 cm³/mol. The van der Waals surface area contributed by atoms with Crippen molar-refractivity contribution in [1.29, 1.82) is 0 Å². The van der Waals surface area contributed by atoms with E-state index in [9.17, 15) is 4.39 Å². The van der Waals surface area contributed by atoms with E-state index < -0.39 is 0 Å². The minimum Gasteiger partial charge on any atom is -0.381 e. The normalized spacial score (nSPS) is 21.0. The van der Waals surface area contributed by atoms with E-state index in [1.165, 1.54) is 12.3 Å². The lowest BCUT2D eigenvalue weighted by Gasteiger charge is -2.31. The molecule has 1 amide bonds. The maximum absolute atomic E-state index is 12.9. The number of pyridine rings is 1. The maximum atomic E-state index is 12.9. The van der Waals surface area contributed by atoms with Crippen LogP contribution in [0.4, 0.5) is 4.39 Å². The molecule has 1 atom stereocenters. The highest BCUT2D eigenvalue weighted by Crippen LogP contribution is 2.29. The molecule has 0 radical (unpaired) electrons. The minimum atomic E-state index is -0.252. The van der Waals surface area contributed by atoms with Gasteiger partial charge in [0.15, 0.2) is 0 Å². The van der Waals surface area contributed by atoms with Crippen LogP contribution in [0.3, 0.4) is 0 Å². The number of carbonyl (C=O) groups excluding carboxylic acids is 1. The number of halogens is 1. The lowest BCUT2D eigenvalue weighted by molar-refractivity contribution is -0.106.